The van der Waals surface area contributed by atoms with Crippen molar-refractivity contribution in [3.63, 3.8) is 0 Å². The largest absolute Gasteiger partial charge is 0.351 e. The summed E-state index contributed by atoms with van der Waals surface area (Å²) in [5.41, 5.74) is 0.0902. The number of hydrogen-bond donors (Lipinski definition) is 1. The molecule has 1 N–H and O–H groups in total. The van der Waals surface area contributed by atoms with Crippen molar-refractivity contribution in [2.24, 2.45) is 11.3 Å². The van der Waals surface area contributed by atoms with E-state index in [0.717, 1.165) is 6.42 Å². The third-order valence-electron chi connectivity index (χ3n) is 2.54. The van der Waals surface area contributed by atoms with Gasteiger partial charge in [0, 0.05) is 11.5 Å². The van der Waals surface area contributed by atoms with Crippen LogP contribution in [-0.4, -0.2) is 11.4 Å². The lowest BCUT2D eigenvalue weighted by atomic mass is 9.77. The SMILES string of the molecule is CC1(C)C[C@@H](C(C)(C)C)C(=O)N1. The zero-order valence-electron chi connectivity index (χ0n) is 8.69. The Balaban J connectivity index is 2.78. The fourth-order valence-corrected chi connectivity index (χ4v) is 1.77. The van der Waals surface area contributed by atoms with Gasteiger partial charge in [0.05, 0.1) is 0 Å². The Morgan fingerprint density at radius 2 is 1.92 bits per heavy atom. The lowest BCUT2D eigenvalue weighted by Crippen LogP contribution is -2.35. The van der Waals surface area contributed by atoms with Crippen LogP contribution in [0.4, 0.5) is 0 Å². The second kappa shape index (κ2) is 2.48. The molecule has 2 heteroatoms. The summed E-state index contributed by atoms with van der Waals surface area (Å²) in [7, 11) is 0. The maximum Gasteiger partial charge on any atom is 0.224 e. The monoisotopic (exact) mass is 169 g/mol. The van der Waals surface area contributed by atoms with E-state index in [-0.39, 0.29) is 22.8 Å². The fourth-order valence-electron chi connectivity index (χ4n) is 1.77. The summed E-state index contributed by atoms with van der Waals surface area (Å²) in [6.45, 7) is 10.5. The normalized spacial score (nSPS) is 28.8. The third-order valence-corrected chi connectivity index (χ3v) is 2.54. The Kier molecular flexibility index (Phi) is 1.97. The quantitative estimate of drug-likeness (QED) is 0.590. The van der Waals surface area contributed by atoms with Crippen molar-refractivity contribution in [3.8, 4) is 0 Å². The van der Waals surface area contributed by atoms with Gasteiger partial charge in [0.25, 0.3) is 0 Å². The lowest BCUT2D eigenvalue weighted by molar-refractivity contribution is -0.125. The minimum Gasteiger partial charge on any atom is -0.351 e. The maximum atomic E-state index is 11.5. The van der Waals surface area contributed by atoms with E-state index in [9.17, 15) is 4.79 Å². The van der Waals surface area contributed by atoms with E-state index in [1.54, 1.807) is 0 Å². The molecule has 1 saturated heterocycles. The van der Waals surface area contributed by atoms with E-state index in [0.29, 0.717) is 0 Å². The molecule has 0 aromatic heterocycles. The number of amides is 1. The zero-order chi connectivity index (χ0) is 9.57. The summed E-state index contributed by atoms with van der Waals surface area (Å²) in [6, 6.07) is 0. The molecule has 1 amide bonds. The second-order valence-corrected chi connectivity index (χ2v) is 5.50. The van der Waals surface area contributed by atoms with Crippen LogP contribution < -0.4 is 5.32 Å². The van der Waals surface area contributed by atoms with Gasteiger partial charge in [0.2, 0.25) is 5.91 Å². The standard InChI is InChI=1S/C10H19NO/c1-9(2,3)7-6-10(4,5)11-8(7)12/h7H,6H2,1-5H3,(H,11,12)/t7-/m1/s1. The van der Waals surface area contributed by atoms with E-state index < -0.39 is 0 Å². The molecule has 1 rings (SSSR count). The topological polar surface area (TPSA) is 29.1 Å². The van der Waals surface area contributed by atoms with E-state index in [1.165, 1.54) is 0 Å². The van der Waals surface area contributed by atoms with Gasteiger partial charge < -0.3 is 5.32 Å². The number of nitrogens with one attached hydrogen (secondary N) is 1. The molecule has 0 unspecified atom stereocenters. The van der Waals surface area contributed by atoms with Gasteiger partial charge >= 0.3 is 0 Å². The van der Waals surface area contributed by atoms with E-state index in [4.69, 9.17) is 0 Å². The molecule has 1 aliphatic rings. The van der Waals surface area contributed by atoms with Crippen LogP contribution in [-0.2, 0) is 4.79 Å². The molecule has 70 valence electrons. The van der Waals surface area contributed by atoms with Crippen LogP contribution in [0.3, 0.4) is 0 Å². The Hall–Kier alpha value is -0.530. The van der Waals surface area contributed by atoms with Gasteiger partial charge in [0.15, 0.2) is 0 Å². The predicted octanol–water partition coefficient (Wildman–Crippen LogP) is 1.95. The van der Waals surface area contributed by atoms with Crippen molar-refractivity contribution in [3.05, 3.63) is 0 Å². The van der Waals surface area contributed by atoms with Crippen molar-refractivity contribution >= 4 is 5.91 Å². The highest BCUT2D eigenvalue weighted by atomic mass is 16.2. The van der Waals surface area contributed by atoms with Crippen LogP contribution in [0.15, 0.2) is 0 Å². The lowest BCUT2D eigenvalue weighted by Gasteiger charge is -2.25. The first kappa shape index (κ1) is 9.56. The highest BCUT2D eigenvalue weighted by Gasteiger charge is 2.43. The summed E-state index contributed by atoms with van der Waals surface area (Å²) in [5, 5.41) is 3.01. The number of carbonyl (C=O) groups is 1. The van der Waals surface area contributed by atoms with Crippen LogP contribution >= 0.6 is 0 Å². The van der Waals surface area contributed by atoms with Crippen molar-refractivity contribution < 1.29 is 4.79 Å². The summed E-state index contributed by atoms with van der Waals surface area (Å²) >= 11 is 0. The average Bonchev–Trinajstić information content (AvgIpc) is 2.03. The summed E-state index contributed by atoms with van der Waals surface area (Å²) in [4.78, 5) is 11.5. The first-order valence-corrected chi connectivity index (χ1v) is 4.54. The number of rotatable bonds is 0. The Morgan fingerprint density at radius 1 is 1.42 bits per heavy atom. The second-order valence-electron chi connectivity index (χ2n) is 5.50. The van der Waals surface area contributed by atoms with E-state index in [2.05, 4.69) is 39.9 Å². The molecule has 0 bridgehead atoms. The van der Waals surface area contributed by atoms with Gasteiger partial charge in [0.1, 0.15) is 0 Å². The van der Waals surface area contributed by atoms with Crippen molar-refractivity contribution in [2.75, 3.05) is 0 Å². The summed E-state index contributed by atoms with van der Waals surface area (Å²) in [6.07, 6.45) is 0.954. The molecular weight excluding hydrogens is 150 g/mol. The Bertz CT molecular complexity index is 200. The molecule has 0 spiro atoms. The van der Waals surface area contributed by atoms with Gasteiger partial charge in [-0.15, -0.1) is 0 Å². The first-order chi connectivity index (χ1) is 5.22. The fraction of sp³-hybridized carbons (Fsp3) is 0.900. The van der Waals surface area contributed by atoms with Crippen LogP contribution in [0.5, 0.6) is 0 Å². The Labute approximate surface area is 74.7 Å². The highest BCUT2D eigenvalue weighted by Crippen LogP contribution is 2.37. The van der Waals surface area contributed by atoms with Crippen LogP contribution in [0.25, 0.3) is 0 Å². The van der Waals surface area contributed by atoms with Gasteiger partial charge in [-0.3, -0.25) is 4.79 Å². The van der Waals surface area contributed by atoms with Gasteiger partial charge in [-0.2, -0.15) is 0 Å². The van der Waals surface area contributed by atoms with E-state index >= 15 is 0 Å². The molecule has 2 nitrogen and oxygen atoms in total. The zero-order valence-corrected chi connectivity index (χ0v) is 8.69. The average molecular weight is 169 g/mol. The summed E-state index contributed by atoms with van der Waals surface area (Å²) in [5.74, 6) is 0.389. The summed E-state index contributed by atoms with van der Waals surface area (Å²) < 4.78 is 0. The van der Waals surface area contributed by atoms with Gasteiger partial charge in [-0.1, -0.05) is 20.8 Å². The molecule has 1 heterocycles. The number of hydrogen-bond acceptors (Lipinski definition) is 1. The molecule has 0 aromatic rings. The maximum absolute atomic E-state index is 11.5. The minimum absolute atomic E-state index is 0.00493. The molecular formula is C10H19NO. The molecule has 0 radical (unpaired) electrons. The number of carbonyl (C=O) groups excluding carboxylic acids is 1. The Morgan fingerprint density at radius 3 is 2.08 bits per heavy atom. The predicted molar refractivity (Wildman–Crippen MR) is 49.8 cm³/mol. The molecule has 1 atom stereocenters. The molecule has 0 aliphatic carbocycles. The van der Waals surface area contributed by atoms with Crippen LogP contribution in [0.2, 0.25) is 0 Å². The third kappa shape index (κ3) is 1.79. The first-order valence-electron chi connectivity index (χ1n) is 4.54. The smallest absolute Gasteiger partial charge is 0.224 e. The highest BCUT2D eigenvalue weighted by molar-refractivity contribution is 5.82. The molecule has 1 fully saturated rings. The van der Waals surface area contributed by atoms with E-state index in [1.807, 2.05) is 0 Å². The molecule has 0 saturated carbocycles. The van der Waals surface area contributed by atoms with Crippen molar-refractivity contribution in [2.45, 2.75) is 46.6 Å². The minimum atomic E-state index is -0.00493. The molecule has 12 heavy (non-hydrogen) atoms. The van der Waals surface area contributed by atoms with Gasteiger partial charge in [-0.05, 0) is 25.7 Å². The molecule has 1 aliphatic heterocycles. The van der Waals surface area contributed by atoms with Gasteiger partial charge in [-0.25, -0.2) is 0 Å². The van der Waals surface area contributed by atoms with Crippen LogP contribution in [0.1, 0.15) is 41.0 Å². The van der Waals surface area contributed by atoms with Crippen LogP contribution in [0, 0.1) is 11.3 Å². The van der Waals surface area contributed by atoms with Crippen molar-refractivity contribution in [1.82, 2.24) is 5.32 Å². The molecule has 0 aromatic carbocycles. The van der Waals surface area contributed by atoms with Crippen molar-refractivity contribution in [1.29, 1.82) is 0 Å².